The molecule has 17 heavy (non-hydrogen) atoms. The molecule has 0 unspecified atom stereocenters. The van der Waals surface area contributed by atoms with E-state index < -0.39 is 0 Å². The smallest absolute Gasteiger partial charge is 0.216 e. The van der Waals surface area contributed by atoms with Crippen LogP contribution in [0, 0.1) is 13.8 Å². The molecule has 0 spiro atoms. The quantitative estimate of drug-likeness (QED) is 0.597. The van der Waals surface area contributed by atoms with Crippen LogP contribution in [0.5, 0.6) is 0 Å². The van der Waals surface area contributed by atoms with Gasteiger partial charge in [-0.3, -0.25) is 0 Å². The zero-order chi connectivity index (χ0) is 12.3. The summed E-state index contributed by atoms with van der Waals surface area (Å²) in [5.41, 5.74) is 6.79. The van der Waals surface area contributed by atoms with Crippen LogP contribution in [0.15, 0.2) is 9.41 Å². The van der Waals surface area contributed by atoms with Gasteiger partial charge in [0.1, 0.15) is 12.3 Å². The van der Waals surface area contributed by atoms with Gasteiger partial charge in [-0.05, 0) is 13.8 Å². The molecule has 2 heterocycles. The molecule has 1 fully saturated rings. The number of aromatic nitrogens is 1. The third-order valence-corrected chi connectivity index (χ3v) is 2.78. The van der Waals surface area contributed by atoms with Gasteiger partial charge in [-0.1, -0.05) is 0 Å². The standard InChI is InChI=1S/C11H18N4O2/c1-8-9(2)17-10(14-8)7-13-11(12)15-3-5-16-6-4-15/h3-7H2,1-2H3,(H2,12,13). The minimum atomic E-state index is 0.387. The molecular formula is C11H18N4O2. The second-order valence-corrected chi connectivity index (χ2v) is 4.02. The fourth-order valence-corrected chi connectivity index (χ4v) is 1.65. The largest absolute Gasteiger partial charge is 0.444 e. The Morgan fingerprint density at radius 1 is 1.41 bits per heavy atom. The molecule has 1 aromatic rings. The van der Waals surface area contributed by atoms with Gasteiger partial charge < -0.3 is 19.8 Å². The zero-order valence-electron chi connectivity index (χ0n) is 10.3. The van der Waals surface area contributed by atoms with Crippen LogP contribution in [0.25, 0.3) is 0 Å². The molecule has 2 N–H and O–H groups in total. The summed E-state index contributed by atoms with van der Waals surface area (Å²) >= 11 is 0. The van der Waals surface area contributed by atoms with E-state index in [1.807, 2.05) is 18.7 Å². The molecule has 94 valence electrons. The van der Waals surface area contributed by atoms with Crippen molar-refractivity contribution >= 4 is 5.96 Å². The van der Waals surface area contributed by atoms with Gasteiger partial charge in [0.2, 0.25) is 5.89 Å². The topological polar surface area (TPSA) is 76.9 Å². The minimum absolute atomic E-state index is 0.387. The van der Waals surface area contributed by atoms with Crippen molar-refractivity contribution in [1.82, 2.24) is 9.88 Å². The minimum Gasteiger partial charge on any atom is -0.444 e. The Morgan fingerprint density at radius 2 is 2.12 bits per heavy atom. The zero-order valence-corrected chi connectivity index (χ0v) is 10.3. The molecule has 1 saturated heterocycles. The maximum Gasteiger partial charge on any atom is 0.216 e. The fourth-order valence-electron chi connectivity index (χ4n) is 1.65. The third-order valence-electron chi connectivity index (χ3n) is 2.78. The first kappa shape index (κ1) is 11.9. The summed E-state index contributed by atoms with van der Waals surface area (Å²) in [6.45, 7) is 7.18. The van der Waals surface area contributed by atoms with Crippen LogP contribution < -0.4 is 5.73 Å². The highest BCUT2D eigenvalue weighted by Crippen LogP contribution is 2.09. The highest BCUT2D eigenvalue weighted by molar-refractivity contribution is 5.78. The Morgan fingerprint density at radius 3 is 2.71 bits per heavy atom. The summed E-state index contributed by atoms with van der Waals surface area (Å²) in [6, 6.07) is 0. The number of nitrogens with two attached hydrogens (primary N) is 1. The number of hydrogen-bond acceptors (Lipinski definition) is 4. The summed E-state index contributed by atoms with van der Waals surface area (Å²) in [5.74, 6) is 1.97. The lowest BCUT2D eigenvalue weighted by atomic mass is 10.4. The summed E-state index contributed by atoms with van der Waals surface area (Å²) < 4.78 is 10.7. The van der Waals surface area contributed by atoms with Crippen molar-refractivity contribution in [3.8, 4) is 0 Å². The monoisotopic (exact) mass is 238 g/mol. The van der Waals surface area contributed by atoms with Crippen LogP contribution >= 0.6 is 0 Å². The molecule has 6 nitrogen and oxygen atoms in total. The summed E-state index contributed by atoms with van der Waals surface area (Å²) in [7, 11) is 0. The van der Waals surface area contributed by atoms with Gasteiger partial charge >= 0.3 is 0 Å². The number of ether oxygens (including phenoxy) is 1. The number of rotatable bonds is 2. The molecule has 1 aromatic heterocycles. The molecule has 1 aliphatic rings. The Hall–Kier alpha value is -1.56. The summed E-state index contributed by atoms with van der Waals surface area (Å²) in [5, 5.41) is 0. The number of aliphatic imine (C=N–C) groups is 1. The van der Waals surface area contributed by atoms with Crippen LogP contribution in [0.1, 0.15) is 17.3 Å². The molecule has 2 rings (SSSR count). The first-order chi connectivity index (χ1) is 8.16. The van der Waals surface area contributed by atoms with E-state index in [-0.39, 0.29) is 0 Å². The lowest BCUT2D eigenvalue weighted by molar-refractivity contribution is 0.0674. The van der Waals surface area contributed by atoms with Gasteiger partial charge in [-0.25, -0.2) is 9.98 Å². The molecule has 0 bridgehead atoms. The van der Waals surface area contributed by atoms with E-state index in [1.165, 1.54) is 0 Å². The van der Waals surface area contributed by atoms with Gasteiger partial charge in [0.15, 0.2) is 5.96 Å². The van der Waals surface area contributed by atoms with Crippen LogP contribution in [-0.4, -0.2) is 42.1 Å². The van der Waals surface area contributed by atoms with Crippen molar-refractivity contribution in [1.29, 1.82) is 0 Å². The van der Waals surface area contributed by atoms with Crippen molar-refractivity contribution in [2.45, 2.75) is 20.4 Å². The van der Waals surface area contributed by atoms with Crippen LogP contribution in [-0.2, 0) is 11.3 Å². The Balaban J connectivity index is 1.94. The second kappa shape index (κ2) is 5.18. The van der Waals surface area contributed by atoms with Crippen LogP contribution in [0.3, 0.4) is 0 Å². The maximum atomic E-state index is 5.89. The molecule has 1 aliphatic heterocycles. The third kappa shape index (κ3) is 2.97. The lowest BCUT2D eigenvalue weighted by Gasteiger charge is -2.27. The van der Waals surface area contributed by atoms with E-state index in [1.54, 1.807) is 0 Å². The summed E-state index contributed by atoms with van der Waals surface area (Å²) in [6.07, 6.45) is 0. The molecule has 6 heteroatoms. The van der Waals surface area contributed by atoms with Crippen molar-refractivity contribution in [3.05, 3.63) is 17.3 Å². The van der Waals surface area contributed by atoms with Crippen molar-refractivity contribution in [2.75, 3.05) is 26.3 Å². The van der Waals surface area contributed by atoms with Crippen molar-refractivity contribution in [2.24, 2.45) is 10.7 Å². The van der Waals surface area contributed by atoms with Gasteiger partial charge in [0, 0.05) is 13.1 Å². The lowest BCUT2D eigenvalue weighted by Crippen LogP contribution is -2.44. The summed E-state index contributed by atoms with van der Waals surface area (Å²) in [4.78, 5) is 10.5. The molecule has 0 aliphatic carbocycles. The van der Waals surface area contributed by atoms with Gasteiger partial charge in [0.25, 0.3) is 0 Å². The Labute approximate surface area is 100 Å². The molecule has 0 saturated carbocycles. The van der Waals surface area contributed by atoms with Gasteiger partial charge in [-0.15, -0.1) is 0 Å². The highest BCUT2D eigenvalue weighted by atomic mass is 16.5. The van der Waals surface area contributed by atoms with E-state index in [0.717, 1.165) is 24.5 Å². The van der Waals surface area contributed by atoms with E-state index in [2.05, 4.69) is 9.98 Å². The Kier molecular flexibility index (Phi) is 3.63. The number of oxazole rings is 1. The predicted molar refractivity (Wildman–Crippen MR) is 63.7 cm³/mol. The maximum absolute atomic E-state index is 5.89. The van der Waals surface area contributed by atoms with Crippen molar-refractivity contribution in [3.63, 3.8) is 0 Å². The van der Waals surface area contributed by atoms with Crippen LogP contribution in [0.4, 0.5) is 0 Å². The average molecular weight is 238 g/mol. The molecular weight excluding hydrogens is 220 g/mol. The number of guanidine groups is 1. The number of hydrogen-bond donors (Lipinski definition) is 1. The van der Waals surface area contributed by atoms with E-state index in [4.69, 9.17) is 14.9 Å². The van der Waals surface area contributed by atoms with Crippen LogP contribution in [0.2, 0.25) is 0 Å². The number of aryl methyl sites for hydroxylation is 2. The molecule has 0 atom stereocenters. The van der Waals surface area contributed by atoms with Crippen molar-refractivity contribution < 1.29 is 9.15 Å². The first-order valence-corrected chi connectivity index (χ1v) is 5.72. The van der Waals surface area contributed by atoms with E-state index in [0.29, 0.717) is 31.6 Å². The molecule has 0 aromatic carbocycles. The predicted octanol–water partition coefficient (Wildman–Crippen LogP) is 0.438. The van der Waals surface area contributed by atoms with E-state index in [9.17, 15) is 0 Å². The SMILES string of the molecule is Cc1nc(CN=C(N)N2CCOCC2)oc1C. The second-order valence-electron chi connectivity index (χ2n) is 4.02. The normalized spacial score (nSPS) is 17.5. The molecule has 0 amide bonds. The Bertz CT molecular complexity index is 388. The average Bonchev–Trinajstić information content (AvgIpc) is 2.67. The fraction of sp³-hybridized carbons (Fsp3) is 0.636. The van der Waals surface area contributed by atoms with Gasteiger partial charge in [0.05, 0.1) is 18.9 Å². The first-order valence-electron chi connectivity index (χ1n) is 5.72. The van der Waals surface area contributed by atoms with E-state index >= 15 is 0 Å². The molecule has 0 radical (unpaired) electrons. The van der Waals surface area contributed by atoms with Gasteiger partial charge in [-0.2, -0.15) is 0 Å². The highest BCUT2D eigenvalue weighted by Gasteiger charge is 2.12. The number of nitrogens with zero attached hydrogens (tertiary/aromatic N) is 3. The number of morpholine rings is 1.